The monoisotopic (exact) mass is 322 g/mol. The predicted molar refractivity (Wildman–Crippen MR) is 87.8 cm³/mol. The van der Waals surface area contributed by atoms with E-state index in [-0.39, 0.29) is 12.5 Å². The number of nitrogens with two attached hydrogens (primary N) is 2. The first-order valence-electron chi connectivity index (χ1n) is 7.62. The zero-order chi connectivity index (χ0) is 17.2. The molecule has 1 aromatic carbocycles. The molecule has 0 bridgehead atoms. The van der Waals surface area contributed by atoms with E-state index in [2.05, 4.69) is 10.7 Å². The number of ether oxygens (including phenoxy) is 1. The van der Waals surface area contributed by atoms with Gasteiger partial charge in [0.25, 0.3) is 5.91 Å². The SMILES string of the molecule is CC(C)CC(NC(=O)C(N)COCc1ccccc1)C(=O)NN. The lowest BCUT2D eigenvalue weighted by Gasteiger charge is -2.21. The fraction of sp³-hybridized carbons (Fsp3) is 0.500. The van der Waals surface area contributed by atoms with Gasteiger partial charge in [0.05, 0.1) is 13.2 Å². The van der Waals surface area contributed by atoms with Crippen molar-refractivity contribution in [1.29, 1.82) is 0 Å². The summed E-state index contributed by atoms with van der Waals surface area (Å²) in [6, 6.07) is 8.04. The Labute approximate surface area is 136 Å². The first kappa shape index (κ1) is 19.1. The fourth-order valence-corrected chi connectivity index (χ4v) is 2.04. The summed E-state index contributed by atoms with van der Waals surface area (Å²) in [5.74, 6) is 4.49. The van der Waals surface area contributed by atoms with Gasteiger partial charge in [0.15, 0.2) is 0 Å². The van der Waals surface area contributed by atoms with Crippen molar-refractivity contribution in [3.8, 4) is 0 Å². The molecule has 1 rings (SSSR count). The van der Waals surface area contributed by atoms with E-state index >= 15 is 0 Å². The quantitative estimate of drug-likeness (QED) is 0.291. The van der Waals surface area contributed by atoms with Crippen LogP contribution in [0.2, 0.25) is 0 Å². The fourth-order valence-electron chi connectivity index (χ4n) is 2.04. The molecule has 1 aromatic rings. The summed E-state index contributed by atoms with van der Waals surface area (Å²) >= 11 is 0. The zero-order valence-electron chi connectivity index (χ0n) is 13.6. The molecule has 7 heteroatoms. The van der Waals surface area contributed by atoms with Crippen LogP contribution in [0.1, 0.15) is 25.8 Å². The van der Waals surface area contributed by atoms with Crippen LogP contribution in [-0.2, 0) is 20.9 Å². The summed E-state index contributed by atoms with van der Waals surface area (Å²) in [7, 11) is 0. The van der Waals surface area contributed by atoms with Crippen LogP contribution in [-0.4, -0.2) is 30.5 Å². The van der Waals surface area contributed by atoms with E-state index in [1.54, 1.807) is 0 Å². The Balaban J connectivity index is 2.43. The number of hydrazine groups is 1. The van der Waals surface area contributed by atoms with Crippen molar-refractivity contribution in [2.75, 3.05) is 6.61 Å². The molecule has 0 radical (unpaired) electrons. The summed E-state index contributed by atoms with van der Waals surface area (Å²) in [5.41, 5.74) is 8.86. The smallest absolute Gasteiger partial charge is 0.256 e. The Bertz CT molecular complexity index is 493. The number of benzene rings is 1. The third kappa shape index (κ3) is 7.23. The second-order valence-electron chi connectivity index (χ2n) is 5.81. The van der Waals surface area contributed by atoms with Crippen LogP contribution < -0.4 is 22.3 Å². The lowest BCUT2D eigenvalue weighted by Crippen LogP contribution is -2.54. The van der Waals surface area contributed by atoms with Crippen LogP contribution in [0.3, 0.4) is 0 Å². The van der Waals surface area contributed by atoms with Crippen LogP contribution in [0, 0.1) is 5.92 Å². The Hall–Kier alpha value is -1.96. The van der Waals surface area contributed by atoms with Gasteiger partial charge >= 0.3 is 0 Å². The number of nitrogens with one attached hydrogen (secondary N) is 2. The maximum Gasteiger partial charge on any atom is 0.256 e. The van der Waals surface area contributed by atoms with Crippen molar-refractivity contribution in [3.05, 3.63) is 35.9 Å². The van der Waals surface area contributed by atoms with Gasteiger partial charge in [-0.25, -0.2) is 5.84 Å². The van der Waals surface area contributed by atoms with Crippen molar-refractivity contribution in [3.63, 3.8) is 0 Å². The molecule has 2 atom stereocenters. The van der Waals surface area contributed by atoms with Crippen LogP contribution in [0.4, 0.5) is 0 Å². The van der Waals surface area contributed by atoms with E-state index in [1.165, 1.54) is 0 Å². The maximum absolute atomic E-state index is 12.1. The lowest BCUT2D eigenvalue weighted by molar-refractivity contribution is -0.130. The van der Waals surface area contributed by atoms with Crippen LogP contribution >= 0.6 is 0 Å². The van der Waals surface area contributed by atoms with Crippen molar-refractivity contribution in [1.82, 2.24) is 10.7 Å². The summed E-state index contributed by atoms with van der Waals surface area (Å²) in [4.78, 5) is 23.7. The summed E-state index contributed by atoms with van der Waals surface area (Å²) in [5, 5.41) is 2.61. The summed E-state index contributed by atoms with van der Waals surface area (Å²) in [6.45, 7) is 4.34. The van der Waals surface area contributed by atoms with Crippen molar-refractivity contribution in [2.45, 2.75) is 39.0 Å². The molecule has 0 aromatic heterocycles. The van der Waals surface area contributed by atoms with E-state index < -0.39 is 23.9 Å². The second kappa shape index (κ2) is 9.94. The molecule has 0 aliphatic heterocycles. The molecule has 0 aliphatic carbocycles. The molecule has 0 saturated heterocycles. The van der Waals surface area contributed by atoms with E-state index in [1.807, 2.05) is 44.2 Å². The number of hydrogen-bond acceptors (Lipinski definition) is 5. The minimum atomic E-state index is -0.848. The molecule has 2 unspecified atom stereocenters. The molecule has 6 N–H and O–H groups in total. The lowest BCUT2D eigenvalue weighted by atomic mass is 10.0. The number of amides is 2. The van der Waals surface area contributed by atoms with Gasteiger partial charge in [0, 0.05) is 0 Å². The molecular weight excluding hydrogens is 296 g/mol. The summed E-state index contributed by atoms with van der Waals surface area (Å²) in [6.07, 6.45) is 0.479. The minimum Gasteiger partial charge on any atom is -0.375 e. The molecule has 2 amide bonds. The normalized spacial score (nSPS) is 13.4. The third-order valence-electron chi connectivity index (χ3n) is 3.23. The van der Waals surface area contributed by atoms with Crippen molar-refractivity contribution < 1.29 is 14.3 Å². The highest BCUT2D eigenvalue weighted by Crippen LogP contribution is 2.05. The van der Waals surface area contributed by atoms with Gasteiger partial charge in [0.1, 0.15) is 12.1 Å². The van der Waals surface area contributed by atoms with E-state index in [0.717, 1.165) is 5.56 Å². The number of carbonyl (C=O) groups excluding carboxylic acids is 2. The molecule has 0 saturated carbocycles. The van der Waals surface area contributed by atoms with E-state index in [9.17, 15) is 9.59 Å². The highest BCUT2D eigenvalue weighted by molar-refractivity contribution is 5.89. The minimum absolute atomic E-state index is 0.0688. The molecule has 0 aliphatic rings. The third-order valence-corrected chi connectivity index (χ3v) is 3.23. The van der Waals surface area contributed by atoms with Crippen LogP contribution in [0.25, 0.3) is 0 Å². The van der Waals surface area contributed by atoms with Gasteiger partial charge in [-0.3, -0.25) is 15.0 Å². The van der Waals surface area contributed by atoms with E-state index in [0.29, 0.717) is 13.0 Å². The molecule has 0 spiro atoms. The van der Waals surface area contributed by atoms with Crippen molar-refractivity contribution in [2.24, 2.45) is 17.5 Å². The van der Waals surface area contributed by atoms with Gasteiger partial charge in [-0.05, 0) is 17.9 Å². The largest absolute Gasteiger partial charge is 0.375 e. The highest BCUT2D eigenvalue weighted by atomic mass is 16.5. The van der Waals surface area contributed by atoms with Gasteiger partial charge in [0.2, 0.25) is 5.91 Å². The molecule has 23 heavy (non-hydrogen) atoms. The van der Waals surface area contributed by atoms with Crippen LogP contribution in [0.15, 0.2) is 30.3 Å². The highest BCUT2D eigenvalue weighted by Gasteiger charge is 2.24. The van der Waals surface area contributed by atoms with E-state index in [4.69, 9.17) is 16.3 Å². The first-order chi connectivity index (χ1) is 10.9. The average molecular weight is 322 g/mol. The molecule has 0 heterocycles. The number of carbonyl (C=O) groups is 2. The maximum atomic E-state index is 12.1. The summed E-state index contributed by atoms with van der Waals surface area (Å²) < 4.78 is 5.44. The number of rotatable bonds is 9. The first-order valence-corrected chi connectivity index (χ1v) is 7.62. The zero-order valence-corrected chi connectivity index (χ0v) is 13.6. The van der Waals surface area contributed by atoms with Gasteiger partial charge in [-0.1, -0.05) is 44.2 Å². The van der Waals surface area contributed by atoms with Gasteiger partial charge in [-0.15, -0.1) is 0 Å². The topological polar surface area (TPSA) is 119 Å². The molecule has 7 nitrogen and oxygen atoms in total. The van der Waals surface area contributed by atoms with Gasteiger partial charge in [-0.2, -0.15) is 0 Å². The Morgan fingerprint density at radius 2 is 1.83 bits per heavy atom. The Kier molecular flexibility index (Phi) is 8.25. The standard InChI is InChI=1S/C16H26N4O3/c1-11(2)8-14(16(22)20-18)19-15(21)13(17)10-23-9-12-6-4-3-5-7-12/h3-7,11,13-14H,8-10,17-18H2,1-2H3,(H,19,21)(H,20,22). The predicted octanol–water partition coefficient (Wildman–Crippen LogP) is 0.0513. The molecular formula is C16H26N4O3. The molecule has 0 fully saturated rings. The Morgan fingerprint density at radius 3 is 2.39 bits per heavy atom. The number of hydrogen-bond donors (Lipinski definition) is 4. The second-order valence-corrected chi connectivity index (χ2v) is 5.81. The van der Waals surface area contributed by atoms with Crippen molar-refractivity contribution >= 4 is 11.8 Å². The Morgan fingerprint density at radius 1 is 1.17 bits per heavy atom. The molecule has 128 valence electrons. The van der Waals surface area contributed by atoms with Gasteiger partial charge < -0.3 is 15.8 Å². The average Bonchev–Trinajstić information content (AvgIpc) is 2.53. The van der Waals surface area contributed by atoms with Crippen LogP contribution in [0.5, 0.6) is 0 Å².